The Hall–Kier alpha value is -2.13. The topological polar surface area (TPSA) is 29.5 Å². The average Bonchev–Trinajstić information content (AvgIpc) is 2.64. The van der Waals surface area contributed by atoms with E-state index in [1.54, 1.807) is 0 Å². The van der Waals surface area contributed by atoms with Crippen molar-refractivity contribution in [3.63, 3.8) is 0 Å². The lowest BCUT2D eigenvalue weighted by atomic mass is 9.81. The molecule has 2 aromatic rings. The Morgan fingerprint density at radius 2 is 1.79 bits per heavy atom. The van der Waals surface area contributed by atoms with E-state index in [4.69, 9.17) is 4.74 Å². The standard InChI is InChI=1S/C21H25NO2/c1-2-22-15-9-12-18(16-22)20(17-10-5-3-6-11-17)21(23)24-19-13-7-4-8-14-19/h3-8,10-11,13-14,18,20H,2,9,12,15-16H2,1H3. The number of nitrogens with zero attached hydrogens (tertiary/aromatic N) is 1. The molecule has 2 aromatic carbocycles. The Labute approximate surface area is 144 Å². The Balaban J connectivity index is 1.83. The summed E-state index contributed by atoms with van der Waals surface area (Å²) >= 11 is 0. The fourth-order valence-electron chi connectivity index (χ4n) is 3.58. The van der Waals surface area contributed by atoms with Gasteiger partial charge in [-0.3, -0.25) is 4.79 Å². The predicted octanol–water partition coefficient (Wildman–Crippen LogP) is 4.11. The fourth-order valence-corrected chi connectivity index (χ4v) is 3.58. The first-order chi connectivity index (χ1) is 11.8. The van der Waals surface area contributed by atoms with Gasteiger partial charge in [-0.2, -0.15) is 0 Å². The van der Waals surface area contributed by atoms with Crippen molar-refractivity contribution in [2.45, 2.75) is 25.7 Å². The predicted molar refractivity (Wildman–Crippen MR) is 96.1 cm³/mol. The van der Waals surface area contributed by atoms with Crippen LogP contribution in [0.2, 0.25) is 0 Å². The van der Waals surface area contributed by atoms with Crippen LogP contribution in [0.4, 0.5) is 0 Å². The van der Waals surface area contributed by atoms with E-state index >= 15 is 0 Å². The van der Waals surface area contributed by atoms with E-state index in [0.717, 1.165) is 38.0 Å². The third kappa shape index (κ3) is 4.04. The molecule has 1 heterocycles. The molecule has 126 valence electrons. The Bertz CT molecular complexity index is 641. The first-order valence-electron chi connectivity index (χ1n) is 8.82. The van der Waals surface area contributed by atoms with Crippen molar-refractivity contribution < 1.29 is 9.53 Å². The zero-order valence-electron chi connectivity index (χ0n) is 14.2. The third-order valence-corrected chi connectivity index (χ3v) is 4.83. The summed E-state index contributed by atoms with van der Waals surface area (Å²) in [5.74, 6) is 0.569. The molecule has 0 saturated carbocycles. The molecule has 0 N–H and O–H groups in total. The van der Waals surface area contributed by atoms with Crippen LogP contribution in [-0.4, -0.2) is 30.5 Å². The van der Waals surface area contributed by atoms with Crippen molar-refractivity contribution in [1.82, 2.24) is 4.90 Å². The molecular weight excluding hydrogens is 298 g/mol. The normalized spacial score (nSPS) is 19.6. The van der Waals surface area contributed by atoms with Crippen LogP contribution in [0.3, 0.4) is 0 Å². The summed E-state index contributed by atoms with van der Waals surface area (Å²) in [7, 11) is 0. The molecule has 3 rings (SSSR count). The van der Waals surface area contributed by atoms with E-state index in [0.29, 0.717) is 11.7 Å². The Morgan fingerprint density at radius 1 is 1.12 bits per heavy atom. The number of rotatable bonds is 5. The molecule has 1 aliphatic heterocycles. The van der Waals surface area contributed by atoms with Crippen molar-refractivity contribution in [3.05, 3.63) is 66.2 Å². The molecule has 1 aliphatic rings. The molecular formula is C21H25NO2. The van der Waals surface area contributed by atoms with E-state index in [1.807, 2.05) is 60.7 Å². The molecule has 2 atom stereocenters. The van der Waals surface area contributed by atoms with Gasteiger partial charge in [0.05, 0.1) is 5.92 Å². The summed E-state index contributed by atoms with van der Waals surface area (Å²) in [5, 5.41) is 0. The SMILES string of the molecule is CCN1CCCC(C(C(=O)Oc2ccccc2)c2ccccc2)C1. The van der Waals surface area contributed by atoms with Crippen molar-refractivity contribution in [2.24, 2.45) is 5.92 Å². The monoisotopic (exact) mass is 323 g/mol. The van der Waals surface area contributed by atoms with E-state index in [2.05, 4.69) is 11.8 Å². The number of likely N-dealkylation sites (tertiary alicyclic amines) is 1. The molecule has 3 nitrogen and oxygen atoms in total. The molecule has 1 fully saturated rings. The number of carbonyl (C=O) groups is 1. The van der Waals surface area contributed by atoms with Gasteiger partial charge in [-0.15, -0.1) is 0 Å². The quantitative estimate of drug-likeness (QED) is 0.613. The summed E-state index contributed by atoms with van der Waals surface area (Å²) in [5.41, 5.74) is 1.06. The zero-order chi connectivity index (χ0) is 16.8. The van der Waals surface area contributed by atoms with Crippen LogP contribution in [0.15, 0.2) is 60.7 Å². The van der Waals surface area contributed by atoms with Gasteiger partial charge in [0.1, 0.15) is 5.75 Å². The lowest BCUT2D eigenvalue weighted by Crippen LogP contribution is -2.40. The first kappa shape index (κ1) is 16.7. The van der Waals surface area contributed by atoms with Crippen molar-refractivity contribution in [1.29, 1.82) is 0 Å². The molecule has 0 aromatic heterocycles. The van der Waals surface area contributed by atoms with Crippen molar-refractivity contribution in [3.8, 4) is 5.75 Å². The van der Waals surface area contributed by atoms with Gasteiger partial charge < -0.3 is 9.64 Å². The van der Waals surface area contributed by atoms with Gasteiger partial charge in [-0.05, 0) is 49.5 Å². The number of piperidine rings is 1. The fraction of sp³-hybridized carbons (Fsp3) is 0.381. The number of para-hydroxylation sites is 1. The second-order valence-electron chi connectivity index (χ2n) is 6.42. The van der Waals surface area contributed by atoms with Crippen LogP contribution < -0.4 is 4.74 Å². The van der Waals surface area contributed by atoms with E-state index < -0.39 is 0 Å². The van der Waals surface area contributed by atoms with Crippen LogP contribution in [0.1, 0.15) is 31.2 Å². The van der Waals surface area contributed by atoms with E-state index in [-0.39, 0.29) is 11.9 Å². The van der Waals surface area contributed by atoms with Gasteiger partial charge in [0.15, 0.2) is 0 Å². The number of benzene rings is 2. The molecule has 0 aliphatic carbocycles. The number of ether oxygens (including phenoxy) is 1. The number of hydrogen-bond donors (Lipinski definition) is 0. The lowest BCUT2D eigenvalue weighted by molar-refractivity contribution is -0.138. The van der Waals surface area contributed by atoms with Crippen LogP contribution in [0.5, 0.6) is 5.75 Å². The van der Waals surface area contributed by atoms with Crippen LogP contribution >= 0.6 is 0 Å². The van der Waals surface area contributed by atoms with Crippen molar-refractivity contribution in [2.75, 3.05) is 19.6 Å². The summed E-state index contributed by atoms with van der Waals surface area (Å²) < 4.78 is 5.70. The van der Waals surface area contributed by atoms with Gasteiger partial charge >= 0.3 is 5.97 Å². The largest absolute Gasteiger partial charge is 0.426 e. The van der Waals surface area contributed by atoms with E-state index in [1.165, 1.54) is 0 Å². The second-order valence-corrected chi connectivity index (χ2v) is 6.42. The molecule has 0 amide bonds. The van der Waals surface area contributed by atoms with Crippen LogP contribution in [0, 0.1) is 5.92 Å². The smallest absolute Gasteiger partial charge is 0.319 e. The summed E-state index contributed by atoms with van der Waals surface area (Å²) in [6.07, 6.45) is 2.21. The highest BCUT2D eigenvalue weighted by Gasteiger charge is 2.34. The minimum Gasteiger partial charge on any atom is -0.426 e. The Kier molecular flexibility index (Phi) is 5.65. The molecule has 24 heavy (non-hydrogen) atoms. The number of carbonyl (C=O) groups excluding carboxylic acids is 1. The summed E-state index contributed by atoms with van der Waals surface area (Å²) in [4.78, 5) is 15.4. The summed E-state index contributed by atoms with van der Waals surface area (Å²) in [6.45, 7) is 5.30. The highest BCUT2D eigenvalue weighted by atomic mass is 16.5. The molecule has 2 unspecified atom stereocenters. The van der Waals surface area contributed by atoms with Crippen LogP contribution in [-0.2, 0) is 4.79 Å². The average molecular weight is 323 g/mol. The van der Waals surface area contributed by atoms with Gasteiger partial charge in [-0.1, -0.05) is 55.5 Å². The minimum atomic E-state index is -0.208. The first-order valence-corrected chi connectivity index (χ1v) is 8.82. The van der Waals surface area contributed by atoms with Gasteiger partial charge in [0.2, 0.25) is 0 Å². The van der Waals surface area contributed by atoms with Crippen LogP contribution in [0.25, 0.3) is 0 Å². The maximum Gasteiger partial charge on any atom is 0.319 e. The molecule has 0 bridgehead atoms. The Morgan fingerprint density at radius 3 is 2.46 bits per heavy atom. The lowest BCUT2D eigenvalue weighted by Gasteiger charge is -2.35. The molecule has 1 saturated heterocycles. The number of esters is 1. The molecule has 0 radical (unpaired) electrons. The minimum absolute atomic E-state index is 0.143. The zero-order valence-corrected chi connectivity index (χ0v) is 14.2. The van der Waals surface area contributed by atoms with E-state index in [9.17, 15) is 4.79 Å². The maximum absolute atomic E-state index is 13.0. The maximum atomic E-state index is 13.0. The third-order valence-electron chi connectivity index (χ3n) is 4.83. The van der Waals surface area contributed by atoms with Gasteiger partial charge in [-0.25, -0.2) is 0 Å². The van der Waals surface area contributed by atoms with Gasteiger partial charge in [0.25, 0.3) is 0 Å². The number of hydrogen-bond acceptors (Lipinski definition) is 3. The molecule has 3 heteroatoms. The second kappa shape index (κ2) is 8.11. The van der Waals surface area contributed by atoms with Crippen molar-refractivity contribution >= 4 is 5.97 Å². The highest BCUT2D eigenvalue weighted by molar-refractivity contribution is 5.80. The van der Waals surface area contributed by atoms with Gasteiger partial charge in [0, 0.05) is 6.54 Å². The molecule has 0 spiro atoms. The highest BCUT2D eigenvalue weighted by Crippen LogP contribution is 2.33. The summed E-state index contributed by atoms with van der Waals surface area (Å²) in [6, 6.07) is 19.4.